The van der Waals surface area contributed by atoms with Crippen molar-refractivity contribution in [3.63, 3.8) is 0 Å². The molecular formula is C16H21NO3. The Morgan fingerprint density at radius 2 is 1.80 bits per heavy atom. The van der Waals surface area contributed by atoms with Gasteiger partial charge in [-0.25, -0.2) is 0 Å². The first-order valence-electron chi connectivity index (χ1n) is 7.01. The predicted octanol–water partition coefficient (Wildman–Crippen LogP) is 2.77. The fourth-order valence-electron chi connectivity index (χ4n) is 2.33. The molecule has 2 rings (SSSR count). The van der Waals surface area contributed by atoms with Crippen molar-refractivity contribution in [2.24, 2.45) is 11.8 Å². The van der Waals surface area contributed by atoms with Crippen LogP contribution >= 0.6 is 0 Å². The van der Waals surface area contributed by atoms with Gasteiger partial charge in [-0.1, -0.05) is 13.0 Å². The highest BCUT2D eigenvalue weighted by Crippen LogP contribution is 2.33. The third-order valence-electron chi connectivity index (χ3n) is 3.59. The van der Waals surface area contributed by atoms with Crippen molar-refractivity contribution in [1.29, 1.82) is 0 Å². The van der Waals surface area contributed by atoms with Crippen LogP contribution in [0.5, 0.6) is 0 Å². The molecule has 0 aliphatic heterocycles. The molecule has 0 spiro atoms. The first kappa shape index (κ1) is 14.6. The van der Waals surface area contributed by atoms with E-state index in [1.807, 2.05) is 32.0 Å². The summed E-state index contributed by atoms with van der Waals surface area (Å²) in [6, 6.07) is 5.94. The van der Waals surface area contributed by atoms with Gasteiger partial charge in [0.2, 0.25) is 5.91 Å². The number of anilines is 1. The van der Waals surface area contributed by atoms with Crippen molar-refractivity contribution < 1.29 is 14.7 Å². The predicted molar refractivity (Wildman–Crippen MR) is 77.8 cm³/mol. The first-order chi connectivity index (χ1) is 9.38. The molecule has 0 heterocycles. The average Bonchev–Trinajstić information content (AvgIpc) is 3.17. The van der Waals surface area contributed by atoms with Crippen LogP contribution in [0.25, 0.3) is 0 Å². The number of aryl methyl sites for hydroxylation is 2. The van der Waals surface area contributed by atoms with Crippen LogP contribution in [0.3, 0.4) is 0 Å². The van der Waals surface area contributed by atoms with Gasteiger partial charge < -0.3 is 10.0 Å². The van der Waals surface area contributed by atoms with Crippen molar-refractivity contribution in [3.05, 3.63) is 29.3 Å². The Bertz CT molecular complexity index is 514. The monoisotopic (exact) mass is 275 g/mol. The molecule has 1 saturated carbocycles. The van der Waals surface area contributed by atoms with Gasteiger partial charge in [0, 0.05) is 18.2 Å². The Kier molecular flexibility index (Phi) is 4.12. The lowest BCUT2D eigenvalue weighted by Crippen LogP contribution is -2.38. The highest BCUT2D eigenvalue weighted by molar-refractivity contribution is 5.97. The largest absolute Gasteiger partial charge is 0.481 e. The molecule has 1 fully saturated rings. The average molecular weight is 275 g/mol. The molecule has 0 bridgehead atoms. The number of aliphatic carboxylic acids is 1. The quantitative estimate of drug-likeness (QED) is 0.899. The van der Waals surface area contributed by atoms with E-state index in [-0.39, 0.29) is 18.4 Å². The van der Waals surface area contributed by atoms with Crippen molar-refractivity contribution in [3.8, 4) is 0 Å². The molecule has 1 N–H and O–H groups in total. The number of carboxylic acids is 1. The van der Waals surface area contributed by atoms with E-state index in [4.69, 9.17) is 5.11 Å². The van der Waals surface area contributed by atoms with Gasteiger partial charge in [-0.3, -0.25) is 9.59 Å². The van der Waals surface area contributed by atoms with Gasteiger partial charge in [-0.05, 0) is 49.9 Å². The number of carbonyl (C=O) groups excluding carboxylic acids is 1. The Labute approximate surface area is 119 Å². The maximum Gasteiger partial charge on any atom is 0.308 e. The molecule has 108 valence electrons. The number of benzene rings is 1. The third-order valence-corrected chi connectivity index (χ3v) is 3.59. The lowest BCUT2D eigenvalue weighted by molar-refractivity contribution is -0.140. The molecule has 1 aromatic rings. The van der Waals surface area contributed by atoms with Gasteiger partial charge in [0.1, 0.15) is 0 Å². The van der Waals surface area contributed by atoms with Gasteiger partial charge in [0.25, 0.3) is 0 Å². The molecule has 0 radical (unpaired) electrons. The molecule has 1 aliphatic rings. The zero-order valence-electron chi connectivity index (χ0n) is 12.2. The summed E-state index contributed by atoms with van der Waals surface area (Å²) < 4.78 is 0. The number of amides is 1. The summed E-state index contributed by atoms with van der Waals surface area (Å²) in [6.07, 6.45) is 1.84. The molecule has 4 heteroatoms. The van der Waals surface area contributed by atoms with Gasteiger partial charge in [-0.2, -0.15) is 0 Å². The van der Waals surface area contributed by atoms with Crippen LogP contribution in [0.2, 0.25) is 0 Å². The Balaban J connectivity index is 2.29. The Hall–Kier alpha value is -1.84. The number of carbonyl (C=O) groups is 2. The van der Waals surface area contributed by atoms with E-state index in [9.17, 15) is 9.59 Å². The Morgan fingerprint density at radius 1 is 1.25 bits per heavy atom. The second kappa shape index (κ2) is 5.65. The SMILES string of the molecule is Cc1cc(C)cc(N(CC(C)C(=O)O)C(=O)C2CC2)c1. The van der Waals surface area contributed by atoms with Gasteiger partial charge in [0.05, 0.1) is 5.92 Å². The lowest BCUT2D eigenvalue weighted by atomic mass is 10.1. The highest BCUT2D eigenvalue weighted by Gasteiger charge is 2.35. The number of hydrogen-bond donors (Lipinski definition) is 1. The third kappa shape index (κ3) is 3.38. The zero-order valence-corrected chi connectivity index (χ0v) is 12.2. The number of carboxylic acid groups (broad SMARTS) is 1. The summed E-state index contributed by atoms with van der Waals surface area (Å²) in [7, 11) is 0. The summed E-state index contributed by atoms with van der Waals surface area (Å²) in [5.41, 5.74) is 2.97. The minimum atomic E-state index is -0.872. The van der Waals surface area contributed by atoms with E-state index in [2.05, 4.69) is 0 Å². The van der Waals surface area contributed by atoms with E-state index in [1.54, 1.807) is 11.8 Å². The maximum absolute atomic E-state index is 12.4. The maximum atomic E-state index is 12.4. The lowest BCUT2D eigenvalue weighted by Gasteiger charge is -2.25. The summed E-state index contributed by atoms with van der Waals surface area (Å²) >= 11 is 0. The fourth-order valence-corrected chi connectivity index (χ4v) is 2.33. The minimum Gasteiger partial charge on any atom is -0.481 e. The summed E-state index contributed by atoms with van der Waals surface area (Å²) in [5, 5.41) is 9.09. The molecule has 0 saturated heterocycles. The summed E-state index contributed by atoms with van der Waals surface area (Å²) in [5.74, 6) is -1.30. The topological polar surface area (TPSA) is 57.6 Å². The molecule has 1 unspecified atom stereocenters. The second-order valence-electron chi connectivity index (χ2n) is 5.81. The molecule has 1 aromatic carbocycles. The minimum absolute atomic E-state index is 0.0584. The second-order valence-corrected chi connectivity index (χ2v) is 5.81. The van der Waals surface area contributed by atoms with Crippen LogP contribution in [0, 0.1) is 25.7 Å². The van der Waals surface area contributed by atoms with Crippen molar-refractivity contribution in [2.45, 2.75) is 33.6 Å². The fraction of sp³-hybridized carbons (Fsp3) is 0.500. The van der Waals surface area contributed by atoms with E-state index >= 15 is 0 Å². The van der Waals surface area contributed by atoms with Crippen LogP contribution in [0.15, 0.2) is 18.2 Å². The molecule has 0 aromatic heterocycles. The van der Waals surface area contributed by atoms with Crippen molar-refractivity contribution >= 4 is 17.6 Å². The number of nitrogens with zero attached hydrogens (tertiary/aromatic N) is 1. The van der Waals surface area contributed by atoms with Gasteiger partial charge >= 0.3 is 5.97 Å². The van der Waals surface area contributed by atoms with Crippen LogP contribution < -0.4 is 4.90 Å². The van der Waals surface area contributed by atoms with E-state index in [0.29, 0.717) is 0 Å². The van der Waals surface area contributed by atoms with Crippen molar-refractivity contribution in [2.75, 3.05) is 11.4 Å². The molecule has 1 atom stereocenters. The molecule has 1 aliphatic carbocycles. The zero-order chi connectivity index (χ0) is 14.9. The summed E-state index contributed by atoms with van der Waals surface area (Å²) in [4.78, 5) is 25.1. The van der Waals surface area contributed by atoms with E-state index < -0.39 is 11.9 Å². The van der Waals surface area contributed by atoms with Gasteiger partial charge in [-0.15, -0.1) is 0 Å². The van der Waals surface area contributed by atoms with Crippen LogP contribution in [-0.4, -0.2) is 23.5 Å². The van der Waals surface area contributed by atoms with E-state index in [0.717, 1.165) is 29.7 Å². The first-order valence-corrected chi connectivity index (χ1v) is 7.01. The molecular weight excluding hydrogens is 254 g/mol. The standard InChI is InChI=1S/C16H21NO3/c1-10-6-11(2)8-14(7-10)17(9-12(3)16(19)20)15(18)13-4-5-13/h6-8,12-13H,4-5,9H2,1-3H3,(H,19,20). The van der Waals surface area contributed by atoms with Crippen LogP contribution in [0.1, 0.15) is 30.9 Å². The van der Waals surface area contributed by atoms with Gasteiger partial charge in [0.15, 0.2) is 0 Å². The molecule has 1 amide bonds. The van der Waals surface area contributed by atoms with Crippen LogP contribution in [-0.2, 0) is 9.59 Å². The molecule has 20 heavy (non-hydrogen) atoms. The Morgan fingerprint density at radius 3 is 2.25 bits per heavy atom. The van der Waals surface area contributed by atoms with Crippen LogP contribution in [0.4, 0.5) is 5.69 Å². The summed E-state index contributed by atoms with van der Waals surface area (Å²) in [6.45, 7) is 5.83. The number of hydrogen-bond acceptors (Lipinski definition) is 2. The highest BCUT2D eigenvalue weighted by atomic mass is 16.4. The van der Waals surface area contributed by atoms with E-state index in [1.165, 1.54) is 0 Å². The normalized spacial score (nSPS) is 15.8. The smallest absolute Gasteiger partial charge is 0.308 e. The number of rotatable bonds is 5. The van der Waals surface area contributed by atoms with Crippen molar-refractivity contribution in [1.82, 2.24) is 0 Å². The molecule has 4 nitrogen and oxygen atoms in total.